The van der Waals surface area contributed by atoms with Crippen LogP contribution >= 0.6 is 11.3 Å². The Balaban J connectivity index is 2.05. The van der Waals surface area contributed by atoms with E-state index in [-0.39, 0.29) is 24.5 Å². The van der Waals surface area contributed by atoms with E-state index in [9.17, 15) is 9.59 Å². The summed E-state index contributed by atoms with van der Waals surface area (Å²) in [6.45, 7) is 4.52. The van der Waals surface area contributed by atoms with Crippen LogP contribution in [0.3, 0.4) is 0 Å². The van der Waals surface area contributed by atoms with Crippen LogP contribution in [0.25, 0.3) is 0 Å². The van der Waals surface area contributed by atoms with Crippen LogP contribution in [0.5, 0.6) is 0 Å². The number of carboxylic acid groups (broad SMARTS) is 1. The normalized spacial score (nSPS) is 12.0. The first-order valence-electron chi connectivity index (χ1n) is 8.81. The van der Waals surface area contributed by atoms with Crippen LogP contribution < -0.4 is 5.32 Å². The minimum atomic E-state index is -0.850. The Kier molecular flexibility index (Phi) is 7.66. The lowest BCUT2D eigenvalue weighted by molar-refractivity contribution is -0.137. The van der Waals surface area contributed by atoms with Crippen LogP contribution in [0.4, 0.5) is 4.79 Å². The number of carbonyl (C=O) groups is 2. The second kappa shape index (κ2) is 9.97. The molecule has 0 fully saturated rings. The van der Waals surface area contributed by atoms with Crippen LogP contribution in [0.15, 0.2) is 47.8 Å². The van der Waals surface area contributed by atoms with Crippen molar-refractivity contribution in [2.75, 3.05) is 0 Å². The fourth-order valence-electron chi connectivity index (χ4n) is 2.74. The van der Waals surface area contributed by atoms with Gasteiger partial charge < -0.3 is 15.3 Å². The van der Waals surface area contributed by atoms with Gasteiger partial charge in [0, 0.05) is 23.4 Å². The molecule has 0 radical (unpaired) electrons. The molecule has 1 heterocycles. The van der Waals surface area contributed by atoms with Crippen molar-refractivity contribution in [3.63, 3.8) is 0 Å². The van der Waals surface area contributed by atoms with Crippen LogP contribution in [-0.4, -0.2) is 34.1 Å². The highest BCUT2D eigenvalue weighted by Gasteiger charge is 2.21. The molecular weight excluding hydrogens is 348 g/mol. The second-order valence-corrected chi connectivity index (χ2v) is 7.60. The molecule has 2 amide bonds. The van der Waals surface area contributed by atoms with Gasteiger partial charge in [-0.2, -0.15) is 0 Å². The number of urea groups is 1. The molecule has 26 heavy (non-hydrogen) atoms. The molecule has 6 heteroatoms. The number of thiophene rings is 1. The average molecular weight is 375 g/mol. The number of nitrogens with zero attached hydrogens (tertiary/aromatic N) is 1. The van der Waals surface area contributed by atoms with E-state index in [0.29, 0.717) is 19.4 Å². The zero-order valence-corrected chi connectivity index (χ0v) is 16.0. The Labute approximate surface area is 158 Å². The van der Waals surface area contributed by atoms with Gasteiger partial charge in [-0.3, -0.25) is 4.79 Å². The summed E-state index contributed by atoms with van der Waals surface area (Å²) in [5, 5.41) is 14.0. The molecule has 1 aromatic heterocycles. The van der Waals surface area contributed by atoms with Crippen molar-refractivity contribution in [1.82, 2.24) is 10.2 Å². The van der Waals surface area contributed by atoms with E-state index in [1.807, 2.05) is 61.7 Å². The van der Waals surface area contributed by atoms with E-state index in [2.05, 4.69) is 5.32 Å². The van der Waals surface area contributed by atoms with Gasteiger partial charge in [0.15, 0.2) is 0 Å². The third-order valence-corrected chi connectivity index (χ3v) is 5.01. The zero-order chi connectivity index (χ0) is 18.9. The lowest BCUT2D eigenvalue weighted by atomic mass is 10.0. The van der Waals surface area contributed by atoms with E-state index in [1.165, 1.54) is 0 Å². The highest BCUT2D eigenvalue weighted by Crippen LogP contribution is 2.15. The van der Waals surface area contributed by atoms with Crippen LogP contribution in [0.2, 0.25) is 0 Å². The molecule has 1 atom stereocenters. The number of hydrogen-bond donors (Lipinski definition) is 2. The van der Waals surface area contributed by atoms with Crippen molar-refractivity contribution in [3.8, 4) is 0 Å². The first-order valence-corrected chi connectivity index (χ1v) is 9.69. The summed E-state index contributed by atoms with van der Waals surface area (Å²) in [4.78, 5) is 26.7. The predicted molar refractivity (Wildman–Crippen MR) is 104 cm³/mol. The van der Waals surface area contributed by atoms with Crippen molar-refractivity contribution in [1.29, 1.82) is 0 Å². The summed E-state index contributed by atoms with van der Waals surface area (Å²) in [5.41, 5.74) is 1.08. The summed E-state index contributed by atoms with van der Waals surface area (Å²) in [5.74, 6) is -0.850. The van der Waals surface area contributed by atoms with Crippen LogP contribution in [0.1, 0.15) is 37.1 Å². The maximum absolute atomic E-state index is 12.8. The number of carbonyl (C=O) groups excluding carboxylic acids is 1. The fourth-order valence-corrected chi connectivity index (χ4v) is 3.44. The number of carboxylic acids is 1. The van der Waals surface area contributed by atoms with Gasteiger partial charge in [-0.15, -0.1) is 11.3 Å². The Morgan fingerprint density at radius 2 is 1.88 bits per heavy atom. The predicted octanol–water partition coefficient (Wildman–Crippen LogP) is 4.14. The molecule has 2 rings (SSSR count). The number of aliphatic carboxylic acids is 1. The van der Waals surface area contributed by atoms with Gasteiger partial charge in [-0.25, -0.2) is 4.79 Å². The molecule has 1 aromatic carbocycles. The summed E-state index contributed by atoms with van der Waals surface area (Å²) in [6, 6.07) is 13.5. The van der Waals surface area contributed by atoms with Crippen molar-refractivity contribution < 1.29 is 14.7 Å². The Bertz CT molecular complexity index is 686. The number of hydrogen-bond acceptors (Lipinski definition) is 3. The van der Waals surface area contributed by atoms with Crippen molar-refractivity contribution in [3.05, 3.63) is 58.3 Å². The van der Waals surface area contributed by atoms with Gasteiger partial charge >= 0.3 is 12.0 Å². The lowest BCUT2D eigenvalue weighted by Gasteiger charge is -2.29. The Morgan fingerprint density at radius 3 is 2.46 bits per heavy atom. The highest BCUT2D eigenvalue weighted by molar-refractivity contribution is 7.09. The molecule has 5 nitrogen and oxygen atoms in total. The van der Waals surface area contributed by atoms with E-state index < -0.39 is 5.97 Å². The van der Waals surface area contributed by atoms with E-state index in [4.69, 9.17) is 5.11 Å². The highest BCUT2D eigenvalue weighted by atomic mass is 32.1. The topological polar surface area (TPSA) is 69.6 Å². The molecule has 0 saturated carbocycles. The molecule has 1 unspecified atom stereocenters. The molecule has 0 saturated heterocycles. The summed E-state index contributed by atoms with van der Waals surface area (Å²) in [7, 11) is 0. The van der Waals surface area contributed by atoms with E-state index >= 15 is 0 Å². The van der Waals surface area contributed by atoms with Gasteiger partial charge in [-0.1, -0.05) is 36.4 Å². The summed E-state index contributed by atoms with van der Waals surface area (Å²) in [6.07, 6.45) is 1.05. The van der Waals surface area contributed by atoms with Crippen molar-refractivity contribution in [2.45, 2.75) is 51.7 Å². The number of rotatable bonds is 9. The quantitative estimate of drug-likeness (QED) is 0.693. The van der Waals surface area contributed by atoms with Gasteiger partial charge in [-0.05, 0) is 43.7 Å². The minimum Gasteiger partial charge on any atom is -0.481 e. The van der Waals surface area contributed by atoms with Gasteiger partial charge in [0.25, 0.3) is 0 Å². The van der Waals surface area contributed by atoms with E-state index in [0.717, 1.165) is 10.4 Å². The lowest BCUT2D eigenvalue weighted by Crippen LogP contribution is -2.48. The van der Waals surface area contributed by atoms with Crippen molar-refractivity contribution >= 4 is 23.3 Å². The minimum absolute atomic E-state index is 0.0321. The molecule has 0 aliphatic carbocycles. The number of benzene rings is 1. The first-order chi connectivity index (χ1) is 12.5. The van der Waals surface area contributed by atoms with Crippen LogP contribution in [0, 0.1) is 0 Å². The molecule has 0 aliphatic rings. The molecule has 0 bridgehead atoms. The molecule has 0 aliphatic heterocycles. The molecule has 0 spiro atoms. The maximum Gasteiger partial charge on any atom is 0.318 e. The largest absolute Gasteiger partial charge is 0.481 e. The second-order valence-electron chi connectivity index (χ2n) is 6.57. The molecule has 140 valence electrons. The maximum atomic E-state index is 12.8. The van der Waals surface area contributed by atoms with Gasteiger partial charge in [0.1, 0.15) is 0 Å². The third kappa shape index (κ3) is 6.52. The summed E-state index contributed by atoms with van der Waals surface area (Å²) >= 11 is 1.62. The van der Waals surface area contributed by atoms with E-state index in [1.54, 1.807) is 16.2 Å². The first kappa shape index (κ1) is 20.0. The molecular formula is C20H26N2O3S. The monoisotopic (exact) mass is 374 g/mol. The van der Waals surface area contributed by atoms with Crippen molar-refractivity contribution in [2.24, 2.45) is 0 Å². The Morgan fingerprint density at radius 1 is 1.15 bits per heavy atom. The van der Waals surface area contributed by atoms with Gasteiger partial charge in [0.05, 0.1) is 6.54 Å². The molecule has 2 aromatic rings. The SMILES string of the molecule is CC(C)N(Cc1cccs1)C(=O)NC(CCC(=O)O)Cc1ccccc1. The smallest absolute Gasteiger partial charge is 0.318 e. The number of nitrogens with one attached hydrogen (secondary N) is 1. The Hall–Kier alpha value is -2.34. The standard InChI is InChI=1S/C20H26N2O3S/c1-15(2)22(14-18-9-6-12-26-18)20(25)21-17(10-11-19(23)24)13-16-7-4-3-5-8-16/h3-9,12,15,17H,10-11,13-14H2,1-2H3,(H,21,25)(H,23,24). The number of amides is 2. The van der Waals surface area contributed by atoms with Gasteiger partial charge in [0.2, 0.25) is 0 Å². The summed E-state index contributed by atoms with van der Waals surface area (Å²) < 4.78 is 0. The average Bonchev–Trinajstić information content (AvgIpc) is 3.11. The zero-order valence-electron chi connectivity index (χ0n) is 15.2. The third-order valence-electron chi connectivity index (χ3n) is 4.15. The van der Waals surface area contributed by atoms with Crippen LogP contribution in [-0.2, 0) is 17.8 Å². The molecule has 2 N–H and O–H groups in total. The fraction of sp³-hybridized carbons (Fsp3) is 0.400.